The fourth-order valence-corrected chi connectivity index (χ4v) is 1.94. The third kappa shape index (κ3) is 2.76. The first-order valence-corrected chi connectivity index (χ1v) is 4.92. The summed E-state index contributed by atoms with van der Waals surface area (Å²) < 4.78 is 5.38. The molecule has 0 bridgehead atoms. The molecule has 0 radical (unpaired) electrons. The Morgan fingerprint density at radius 3 is 2.75 bits per heavy atom. The van der Waals surface area contributed by atoms with Crippen molar-refractivity contribution in [2.45, 2.75) is 26.7 Å². The van der Waals surface area contributed by atoms with Crippen molar-refractivity contribution in [2.75, 3.05) is 33.4 Å². The maximum absolute atomic E-state index is 5.38. The van der Waals surface area contributed by atoms with Crippen LogP contribution < -0.4 is 0 Å². The average Bonchev–Trinajstić information content (AvgIpc) is 2.32. The quantitative estimate of drug-likeness (QED) is 0.598. The second-order valence-corrected chi connectivity index (χ2v) is 4.25. The van der Waals surface area contributed by atoms with Crippen molar-refractivity contribution < 1.29 is 4.74 Å². The van der Waals surface area contributed by atoms with Gasteiger partial charge in [0.05, 0.1) is 0 Å². The molecule has 0 saturated carbocycles. The first-order chi connectivity index (χ1) is 5.66. The highest BCUT2D eigenvalue weighted by Crippen LogP contribution is 2.32. The van der Waals surface area contributed by atoms with Gasteiger partial charge in [-0.3, -0.25) is 0 Å². The van der Waals surface area contributed by atoms with Gasteiger partial charge in [-0.2, -0.15) is 0 Å². The van der Waals surface area contributed by atoms with Gasteiger partial charge < -0.3 is 9.64 Å². The molecule has 1 fully saturated rings. The zero-order chi connectivity index (χ0) is 9.03. The minimum absolute atomic E-state index is 0.518. The highest BCUT2D eigenvalue weighted by atomic mass is 16.5. The number of hydrogen-bond acceptors (Lipinski definition) is 2. The molecule has 0 spiro atoms. The Morgan fingerprint density at radius 1 is 1.50 bits per heavy atom. The standard InChI is InChI=1S/C10H21NO/c1-4-12-8-6-10(2)5-7-11(3)9-10/h4-9H2,1-3H3. The molecule has 2 heteroatoms. The van der Waals surface area contributed by atoms with Gasteiger partial charge in [-0.05, 0) is 38.8 Å². The van der Waals surface area contributed by atoms with E-state index in [1.807, 2.05) is 0 Å². The molecule has 12 heavy (non-hydrogen) atoms. The second kappa shape index (κ2) is 4.24. The molecule has 1 atom stereocenters. The van der Waals surface area contributed by atoms with Crippen LogP contribution in [0.15, 0.2) is 0 Å². The normalized spacial score (nSPS) is 31.2. The van der Waals surface area contributed by atoms with Crippen LogP contribution in [0.3, 0.4) is 0 Å². The predicted octanol–water partition coefficient (Wildman–Crippen LogP) is 1.75. The number of ether oxygens (including phenoxy) is 1. The lowest BCUT2D eigenvalue weighted by Crippen LogP contribution is -2.23. The van der Waals surface area contributed by atoms with Crippen molar-refractivity contribution >= 4 is 0 Å². The third-order valence-electron chi connectivity index (χ3n) is 2.80. The molecule has 1 aliphatic rings. The molecule has 1 heterocycles. The number of nitrogens with zero attached hydrogens (tertiary/aromatic N) is 1. The summed E-state index contributed by atoms with van der Waals surface area (Å²) in [7, 11) is 2.20. The van der Waals surface area contributed by atoms with E-state index < -0.39 is 0 Å². The highest BCUT2D eigenvalue weighted by Gasteiger charge is 2.31. The molecule has 1 aliphatic heterocycles. The Kier molecular flexibility index (Phi) is 3.53. The molecule has 72 valence electrons. The molecular formula is C10H21NO. The SMILES string of the molecule is CCOCCC1(C)CCN(C)C1. The number of likely N-dealkylation sites (tertiary alicyclic amines) is 1. The van der Waals surface area contributed by atoms with Gasteiger partial charge in [0.15, 0.2) is 0 Å². The molecule has 0 amide bonds. The summed E-state index contributed by atoms with van der Waals surface area (Å²) in [5, 5.41) is 0. The lowest BCUT2D eigenvalue weighted by Gasteiger charge is -2.23. The first-order valence-electron chi connectivity index (χ1n) is 4.92. The minimum Gasteiger partial charge on any atom is -0.382 e. The van der Waals surface area contributed by atoms with Gasteiger partial charge in [-0.15, -0.1) is 0 Å². The maximum Gasteiger partial charge on any atom is 0.0471 e. The van der Waals surface area contributed by atoms with E-state index in [2.05, 4.69) is 25.8 Å². The fraction of sp³-hybridized carbons (Fsp3) is 1.00. The first kappa shape index (κ1) is 10.0. The molecule has 1 saturated heterocycles. The van der Waals surface area contributed by atoms with Crippen LogP contribution >= 0.6 is 0 Å². The smallest absolute Gasteiger partial charge is 0.0471 e. The summed E-state index contributed by atoms with van der Waals surface area (Å²) in [6.07, 6.45) is 2.54. The lowest BCUT2D eigenvalue weighted by molar-refractivity contribution is 0.111. The Labute approximate surface area is 75.9 Å². The summed E-state index contributed by atoms with van der Waals surface area (Å²) in [6, 6.07) is 0. The zero-order valence-corrected chi connectivity index (χ0v) is 8.60. The highest BCUT2D eigenvalue weighted by molar-refractivity contribution is 4.84. The summed E-state index contributed by atoms with van der Waals surface area (Å²) in [4.78, 5) is 2.41. The molecule has 2 nitrogen and oxygen atoms in total. The summed E-state index contributed by atoms with van der Waals surface area (Å²) in [6.45, 7) is 8.70. The van der Waals surface area contributed by atoms with Crippen LogP contribution in [0.4, 0.5) is 0 Å². The van der Waals surface area contributed by atoms with Crippen LogP contribution in [-0.4, -0.2) is 38.3 Å². The molecule has 1 rings (SSSR count). The monoisotopic (exact) mass is 171 g/mol. The maximum atomic E-state index is 5.38. The lowest BCUT2D eigenvalue weighted by atomic mass is 9.86. The van der Waals surface area contributed by atoms with Crippen molar-refractivity contribution in [3.63, 3.8) is 0 Å². The zero-order valence-electron chi connectivity index (χ0n) is 8.60. The van der Waals surface area contributed by atoms with Gasteiger partial charge in [0, 0.05) is 19.8 Å². The van der Waals surface area contributed by atoms with E-state index in [1.54, 1.807) is 0 Å². The minimum atomic E-state index is 0.518. The predicted molar refractivity (Wildman–Crippen MR) is 51.3 cm³/mol. The van der Waals surface area contributed by atoms with Crippen LogP contribution in [0.25, 0.3) is 0 Å². The van der Waals surface area contributed by atoms with Gasteiger partial charge in [0.2, 0.25) is 0 Å². The van der Waals surface area contributed by atoms with Gasteiger partial charge in [-0.25, -0.2) is 0 Å². The summed E-state index contributed by atoms with van der Waals surface area (Å²) >= 11 is 0. The molecule has 0 aromatic heterocycles. The van der Waals surface area contributed by atoms with Crippen molar-refractivity contribution in [1.29, 1.82) is 0 Å². The number of rotatable bonds is 4. The van der Waals surface area contributed by atoms with Crippen molar-refractivity contribution in [1.82, 2.24) is 4.90 Å². The Bertz CT molecular complexity index is 138. The molecular weight excluding hydrogens is 150 g/mol. The second-order valence-electron chi connectivity index (χ2n) is 4.25. The molecule has 1 unspecified atom stereocenters. The summed E-state index contributed by atoms with van der Waals surface area (Å²) in [5.74, 6) is 0. The van der Waals surface area contributed by atoms with E-state index in [4.69, 9.17) is 4.74 Å². The van der Waals surface area contributed by atoms with Gasteiger partial charge >= 0.3 is 0 Å². The fourth-order valence-electron chi connectivity index (χ4n) is 1.94. The third-order valence-corrected chi connectivity index (χ3v) is 2.80. The summed E-state index contributed by atoms with van der Waals surface area (Å²) in [5.41, 5.74) is 0.518. The van der Waals surface area contributed by atoms with E-state index in [9.17, 15) is 0 Å². The van der Waals surface area contributed by atoms with E-state index >= 15 is 0 Å². The van der Waals surface area contributed by atoms with Crippen LogP contribution in [0.2, 0.25) is 0 Å². The van der Waals surface area contributed by atoms with Crippen LogP contribution in [0.1, 0.15) is 26.7 Å². The van der Waals surface area contributed by atoms with Crippen molar-refractivity contribution in [2.24, 2.45) is 5.41 Å². The van der Waals surface area contributed by atoms with Gasteiger partial charge in [-0.1, -0.05) is 6.92 Å². The van der Waals surface area contributed by atoms with E-state index in [0.29, 0.717) is 5.41 Å². The van der Waals surface area contributed by atoms with Gasteiger partial charge in [0.25, 0.3) is 0 Å². The van der Waals surface area contributed by atoms with Crippen LogP contribution in [0.5, 0.6) is 0 Å². The van der Waals surface area contributed by atoms with Crippen LogP contribution in [0, 0.1) is 5.41 Å². The largest absolute Gasteiger partial charge is 0.382 e. The van der Waals surface area contributed by atoms with Crippen molar-refractivity contribution in [3.05, 3.63) is 0 Å². The Hall–Kier alpha value is -0.0800. The average molecular weight is 171 g/mol. The molecule has 0 aromatic carbocycles. The van der Waals surface area contributed by atoms with Crippen LogP contribution in [-0.2, 0) is 4.74 Å². The molecule has 0 aliphatic carbocycles. The molecule has 0 N–H and O–H groups in total. The van der Waals surface area contributed by atoms with E-state index in [-0.39, 0.29) is 0 Å². The Balaban J connectivity index is 2.21. The van der Waals surface area contributed by atoms with E-state index in [1.165, 1.54) is 25.9 Å². The van der Waals surface area contributed by atoms with Gasteiger partial charge in [0.1, 0.15) is 0 Å². The Morgan fingerprint density at radius 2 is 2.25 bits per heavy atom. The molecule has 0 aromatic rings. The number of hydrogen-bond donors (Lipinski definition) is 0. The topological polar surface area (TPSA) is 12.5 Å². The van der Waals surface area contributed by atoms with E-state index in [0.717, 1.165) is 13.2 Å². The van der Waals surface area contributed by atoms with Crippen molar-refractivity contribution in [3.8, 4) is 0 Å².